The quantitative estimate of drug-likeness (QED) is 0.124. The van der Waals surface area contributed by atoms with Gasteiger partial charge in [-0.05, 0) is 72.9 Å². The average Bonchev–Trinajstić information content (AvgIpc) is 3.09. The normalized spacial score (nSPS) is 9.71. The highest BCUT2D eigenvalue weighted by molar-refractivity contribution is 7.99. The molecule has 0 aliphatic heterocycles. The van der Waals surface area contributed by atoms with Gasteiger partial charge in [0.1, 0.15) is 18.1 Å². The van der Waals surface area contributed by atoms with E-state index < -0.39 is 0 Å². The average molecular weight is 633 g/mol. The number of aliphatic hydroxyl groups is 1. The van der Waals surface area contributed by atoms with Crippen molar-refractivity contribution in [1.82, 2.24) is 0 Å². The van der Waals surface area contributed by atoms with Gasteiger partial charge in [-0.3, -0.25) is 9.59 Å². The van der Waals surface area contributed by atoms with Crippen LogP contribution in [0.4, 0.5) is 0 Å². The zero-order chi connectivity index (χ0) is 33.5. The molecule has 0 fully saturated rings. The van der Waals surface area contributed by atoms with Crippen molar-refractivity contribution in [2.45, 2.75) is 51.3 Å². The van der Waals surface area contributed by atoms with Gasteiger partial charge < -0.3 is 19.3 Å². The minimum atomic E-state index is 0.0810. The molecule has 7 heteroatoms. The highest BCUT2D eigenvalue weighted by Gasteiger charge is 2.06. The fraction of sp³-hybridized carbons (Fsp3) is 0.316. The van der Waals surface area contributed by atoms with E-state index in [2.05, 4.69) is 74.5 Å². The van der Waals surface area contributed by atoms with E-state index in [0.29, 0.717) is 12.3 Å². The Balaban J connectivity index is 0.000000333. The first-order valence-electron chi connectivity index (χ1n) is 14.9. The van der Waals surface area contributed by atoms with E-state index >= 15 is 0 Å². The molecule has 0 atom stereocenters. The van der Waals surface area contributed by atoms with E-state index in [9.17, 15) is 9.59 Å². The van der Waals surface area contributed by atoms with Crippen molar-refractivity contribution in [3.8, 4) is 17.2 Å². The second-order valence-corrected chi connectivity index (χ2v) is 11.0. The van der Waals surface area contributed by atoms with Crippen molar-refractivity contribution in [2.24, 2.45) is 0 Å². The van der Waals surface area contributed by atoms with Crippen LogP contribution in [0.15, 0.2) is 102 Å². The Labute approximate surface area is 273 Å². The molecular weight excluding hydrogens is 584 g/mol. The van der Waals surface area contributed by atoms with Crippen molar-refractivity contribution in [2.75, 3.05) is 33.7 Å². The highest BCUT2D eigenvalue weighted by atomic mass is 32.2. The summed E-state index contributed by atoms with van der Waals surface area (Å²) >= 11 is 1.65. The first kappa shape index (κ1) is 39.0. The molecule has 6 nitrogen and oxygen atoms in total. The van der Waals surface area contributed by atoms with Crippen LogP contribution in [0.1, 0.15) is 55.4 Å². The van der Waals surface area contributed by atoms with Crippen molar-refractivity contribution >= 4 is 23.8 Å². The van der Waals surface area contributed by atoms with Crippen LogP contribution < -0.4 is 14.2 Å². The number of ether oxygens (including phenoxy) is 3. The van der Waals surface area contributed by atoms with Gasteiger partial charge in [0.25, 0.3) is 0 Å². The van der Waals surface area contributed by atoms with Crippen LogP contribution in [0.2, 0.25) is 0 Å². The number of aryl methyl sites for hydroxylation is 2. The largest absolute Gasteiger partial charge is 0.493 e. The Morgan fingerprint density at radius 2 is 1.38 bits per heavy atom. The number of ketones is 1. The van der Waals surface area contributed by atoms with Crippen LogP contribution in [0.25, 0.3) is 0 Å². The number of rotatable bonds is 12. The number of benzene rings is 4. The third-order valence-electron chi connectivity index (χ3n) is 6.63. The standard InChI is InChI=1S/C14H14.C13H16O3S.C10H14O2.CH4O/c1-12(13-8-4-2-5-9-13)14-10-6-3-7-11-14;1-10-9-12(17-8-5-11(2)15)3-4-13(10)16-7-6-14;1-4-8-5-6-9(11-2)10(7-8)12-3;1-2/h2-12H,1H3;3-4,6,9H,5,7-8H2,1-2H3;5-7H,4H2,1-3H3;2H,1H3. The first-order chi connectivity index (χ1) is 21.8. The summed E-state index contributed by atoms with van der Waals surface area (Å²) in [5, 5.41) is 7.00. The number of carbonyl (C=O) groups excluding carboxylic acids is 2. The fourth-order valence-electron chi connectivity index (χ4n) is 4.09. The number of Topliss-reactive ketones (excluding diaryl/α,β-unsaturated/α-hetero) is 1. The lowest BCUT2D eigenvalue weighted by Gasteiger charge is -2.11. The van der Waals surface area contributed by atoms with Crippen molar-refractivity contribution < 1.29 is 28.9 Å². The van der Waals surface area contributed by atoms with Crippen molar-refractivity contribution in [3.05, 3.63) is 119 Å². The lowest BCUT2D eigenvalue weighted by Crippen LogP contribution is -1.99. The monoisotopic (exact) mass is 632 g/mol. The van der Waals surface area contributed by atoms with Crippen LogP contribution in [0.5, 0.6) is 17.2 Å². The zero-order valence-electron chi connectivity index (χ0n) is 27.6. The second-order valence-electron chi connectivity index (χ2n) is 9.79. The second kappa shape index (κ2) is 23.3. The Morgan fingerprint density at radius 1 is 0.822 bits per heavy atom. The molecule has 0 unspecified atom stereocenters. The van der Waals surface area contributed by atoms with Crippen molar-refractivity contribution in [1.29, 1.82) is 0 Å². The molecule has 4 rings (SSSR count). The van der Waals surface area contributed by atoms with E-state index in [-0.39, 0.29) is 12.4 Å². The van der Waals surface area contributed by atoms with E-state index in [0.717, 1.165) is 53.3 Å². The van der Waals surface area contributed by atoms with Gasteiger partial charge in [-0.2, -0.15) is 0 Å². The van der Waals surface area contributed by atoms with Crippen LogP contribution in [0, 0.1) is 6.92 Å². The molecule has 0 spiro atoms. The van der Waals surface area contributed by atoms with Crippen LogP contribution in [-0.2, 0) is 16.0 Å². The molecule has 0 saturated heterocycles. The van der Waals surface area contributed by atoms with Gasteiger partial charge in [-0.15, -0.1) is 11.8 Å². The van der Waals surface area contributed by atoms with E-state index in [1.165, 1.54) is 16.7 Å². The molecule has 242 valence electrons. The Kier molecular flexibility index (Phi) is 20.2. The summed E-state index contributed by atoms with van der Waals surface area (Å²) in [5.74, 6) is 3.81. The molecule has 0 bridgehead atoms. The summed E-state index contributed by atoms with van der Waals surface area (Å²) in [6.45, 7) is 7.97. The molecule has 0 aliphatic rings. The number of methoxy groups -OCH3 is 2. The molecule has 45 heavy (non-hydrogen) atoms. The van der Waals surface area contributed by atoms with Gasteiger partial charge in [0.15, 0.2) is 17.8 Å². The Bertz CT molecular complexity index is 1340. The topological polar surface area (TPSA) is 82.1 Å². The molecule has 4 aromatic rings. The van der Waals surface area contributed by atoms with Crippen molar-refractivity contribution in [3.63, 3.8) is 0 Å². The number of hydrogen-bond acceptors (Lipinski definition) is 7. The summed E-state index contributed by atoms with van der Waals surface area (Å²) in [5.41, 5.74) is 5.00. The summed E-state index contributed by atoms with van der Waals surface area (Å²) < 4.78 is 15.5. The van der Waals surface area contributed by atoms with Crippen LogP contribution >= 0.6 is 11.8 Å². The van der Waals surface area contributed by atoms with Gasteiger partial charge in [-0.1, -0.05) is 80.6 Å². The maximum atomic E-state index is 10.8. The minimum Gasteiger partial charge on any atom is -0.493 e. The van der Waals surface area contributed by atoms with Gasteiger partial charge in [0.05, 0.1) is 14.2 Å². The molecule has 0 amide bonds. The van der Waals surface area contributed by atoms with Gasteiger partial charge in [0, 0.05) is 30.1 Å². The third kappa shape index (κ3) is 15.0. The molecular formula is C38H48O6S. The smallest absolute Gasteiger partial charge is 0.160 e. The lowest BCUT2D eigenvalue weighted by molar-refractivity contribution is -0.116. The van der Waals surface area contributed by atoms with Gasteiger partial charge in [0.2, 0.25) is 0 Å². The van der Waals surface area contributed by atoms with E-state index in [4.69, 9.17) is 19.3 Å². The summed E-state index contributed by atoms with van der Waals surface area (Å²) in [6, 6.07) is 33.0. The number of aldehydes is 1. The lowest BCUT2D eigenvalue weighted by atomic mass is 9.93. The molecule has 0 aliphatic carbocycles. The zero-order valence-corrected chi connectivity index (χ0v) is 28.4. The predicted octanol–water partition coefficient (Wildman–Crippen LogP) is 8.36. The molecule has 4 aromatic carbocycles. The maximum Gasteiger partial charge on any atom is 0.160 e. The van der Waals surface area contributed by atoms with Gasteiger partial charge >= 0.3 is 0 Å². The van der Waals surface area contributed by atoms with E-state index in [1.807, 2.05) is 43.3 Å². The summed E-state index contributed by atoms with van der Waals surface area (Å²) in [6.07, 6.45) is 2.34. The fourth-order valence-corrected chi connectivity index (χ4v) is 5.14. The Hall–Kier alpha value is -4.07. The number of aliphatic hydroxyl groups excluding tert-OH is 1. The van der Waals surface area contributed by atoms with Gasteiger partial charge in [-0.25, -0.2) is 0 Å². The van der Waals surface area contributed by atoms with Crippen LogP contribution in [-0.4, -0.2) is 50.9 Å². The highest BCUT2D eigenvalue weighted by Crippen LogP contribution is 2.28. The number of thioether (sulfide) groups is 1. The molecule has 0 radical (unpaired) electrons. The SMILES string of the molecule is CC(=O)CCSc1ccc(OCC=O)c(C)c1.CC(c1ccccc1)c1ccccc1.CCc1ccc(OC)c(OC)c1.CO. The molecule has 1 N–H and O–H groups in total. The molecule has 0 heterocycles. The maximum absolute atomic E-state index is 10.8. The number of carbonyl (C=O) groups is 2. The third-order valence-corrected chi connectivity index (χ3v) is 7.63. The predicted molar refractivity (Wildman–Crippen MR) is 186 cm³/mol. The molecule has 0 aromatic heterocycles. The molecule has 0 saturated carbocycles. The summed E-state index contributed by atoms with van der Waals surface area (Å²) in [7, 11) is 4.29. The summed E-state index contributed by atoms with van der Waals surface area (Å²) in [4.78, 5) is 22.1. The Morgan fingerprint density at radius 3 is 1.84 bits per heavy atom. The van der Waals surface area contributed by atoms with E-state index in [1.54, 1.807) is 32.9 Å². The first-order valence-corrected chi connectivity index (χ1v) is 15.9. The minimum absolute atomic E-state index is 0.0810. The van der Waals surface area contributed by atoms with Crippen LogP contribution in [0.3, 0.4) is 0 Å². The number of hydrogen-bond donors (Lipinski definition) is 1.